The third-order valence-electron chi connectivity index (χ3n) is 1.79. The fourth-order valence-corrected chi connectivity index (χ4v) is 1.34. The first-order chi connectivity index (χ1) is 7.63. The van der Waals surface area contributed by atoms with Crippen molar-refractivity contribution in [3.05, 3.63) is 28.3 Å². The number of carbonyl (C=O) groups excluding carboxylic acids is 1. The van der Waals surface area contributed by atoms with Crippen LogP contribution in [-0.4, -0.2) is 11.6 Å². The minimum absolute atomic E-state index is 0.405. The molecule has 0 heterocycles. The van der Waals surface area contributed by atoms with E-state index in [9.17, 15) is 13.6 Å². The monoisotopic (exact) mass is 263 g/mol. The van der Waals surface area contributed by atoms with E-state index in [1.165, 1.54) is 0 Å². The first-order valence-electron chi connectivity index (χ1n) is 4.80. The highest BCUT2D eigenvalue weighted by atomic mass is 35.5. The quantitative estimate of drug-likeness (QED) is 0.481. The van der Waals surface area contributed by atoms with Gasteiger partial charge in [0, 0.05) is 0 Å². The first kappa shape index (κ1) is 13.7. The molecule has 0 saturated heterocycles. The van der Waals surface area contributed by atoms with Crippen LogP contribution in [0.4, 0.5) is 14.5 Å². The van der Waals surface area contributed by atoms with Crippen LogP contribution in [0.15, 0.2) is 6.07 Å². The third kappa shape index (κ3) is 3.06. The van der Waals surface area contributed by atoms with E-state index in [1.54, 1.807) is 20.8 Å². The number of ether oxygens (including phenoxy) is 1. The van der Waals surface area contributed by atoms with E-state index in [-0.39, 0.29) is 0 Å². The molecule has 1 aromatic carbocycles. The molecular weight excluding hydrogens is 252 g/mol. The summed E-state index contributed by atoms with van der Waals surface area (Å²) in [4.78, 5) is 11.6. The average Bonchev–Trinajstić information content (AvgIpc) is 2.12. The molecular formula is C11H12ClF2NO2. The van der Waals surface area contributed by atoms with Crippen molar-refractivity contribution in [1.82, 2.24) is 0 Å². The molecule has 0 spiro atoms. The molecule has 2 N–H and O–H groups in total. The number of nitrogens with two attached hydrogens (primary N) is 1. The van der Waals surface area contributed by atoms with Crippen molar-refractivity contribution in [1.29, 1.82) is 0 Å². The summed E-state index contributed by atoms with van der Waals surface area (Å²) in [6.07, 6.45) is 0. The van der Waals surface area contributed by atoms with Crippen LogP contribution in [0.5, 0.6) is 0 Å². The number of nitrogen functional groups attached to an aromatic ring is 1. The van der Waals surface area contributed by atoms with Crippen LogP contribution in [0.3, 0.4) is 0 Å². The highest BCUT2D eigenvalue weighted by Crippen LogP contribution is 2.27. The van der Waals surface area contributed by atoms with Crippen molar-refractivity contribution in [3.8, 4) is 0 Å². The maximum Gasteiger partial charge on any atom is 0.344 e. The summed E-state index contributed by atoms with van der Waals surface area (Å²) in [5.41, 5.74) is 3.11. The Labute approximate surface area is 103 Å². The topological polar surface area (TPSA) is 52.3 Å². The van der Waals surface area contributed by atoms with Gasteiger partial charge in [0.05, 0.1) is 10.7 Å². The van der Waals surface area contributed by atoms with Crippen molar-refractivity contribution >= 4 is 23.3 Å². The van der Waals surface area contributed by atoms with Gasteiger partial charge in [-0.05, 0) is 26.8 Å². The number of rotatable bonds is 1. The molecule has 0 unspecified atom stereocenters. The zero-order valence-electron chi connectivity index (χ0n) is 9.61. The van der Waals surface area contributed by atoms with Crippen molar-refractivity contribution in [2.45, 2.75) is 26.4 Å². The number of carbonyl (C=O) groups is 1. The van der Waals surface area contributed by atoms with Crippen LogP contribution in [0, 0.1) is 11.6 Å². The van der Waals surface area contributed by atoms with Gasteiger partial charge in [0.1, 0.15) is 11.2 Å². The molecule has 0 aliphatic rings. The molecule has 0 aromatic heterocycles. The molecule has 3 nitrogen and oxygen atoms in total. The van der Waals surface area contributed by atoms with E-state index < -0.39 is 39.5 Å². The molecule has 17 heavy (non-hydrogen) atoms. The maximum absolute atomic E-state index is 13.5. The van der Waals surface area contributed by atoms with E-state index in [0.717, 1.165) is 6.07 Å². The number of hydrogen-bond acceptors (Lipinski definition) is 3. The first-order valence-corrected chi connectivity index (χ1v) is 5.17. The molecule has 1 rings (SSSR count). The standard InChI is InChI=1S/C11H12ClF2NO2/c1-11(2,3)17-10(16)7-8(13)5(12)4-6(15)9(7)14/h4H,15H2,1-3H3. The van der Waals surface area contributed by atoms with Gasteiger partial charge in [-0.3, -0.25) is 0 Å². The van der Waals surface area contributed by atoms with Gasteiger partial charge in [-0.2, -0.15) is 0 Å². The van der Waals surface area contributed by atoms with E-state index in [2.05, 4.69) is 0 Å². The smallest absolute Gasteiger partial charge is 0.344 e. The summed E-state index contributed by atoms with van der Waals surface area (Å²) < 4.78 is 31.9. The van der Waals surface area contributed by atoms with Gasteiger partial charge >= 0.3 is 5.97 Å². The van der Waals surface area contributed by atoms with Crippen LogP contribution < -0.4 is 5.73 Å². The van der Waals surface area contributed by atoms with Crippen LogP contribution in [0.2, 0.25) is 5.02 Å². The van der Waals surface area contributed by atoms with Crippen molar-refractivity contribution < 1.29 is 18.3 Å². The lowest BCUT2D eigenvalue weighted by atomic mass is 10.1. The molecule has 6 heteroatoms. The zero-order valence-corrected chi connectivity index (χ0v) is 10.4. The summed E-state index contributed by atoms with van der Waals surface area (Å²) in [7, 11) is 0. The Bertz CT molecular complexity index is 443. The Balaban J connectivity index is 3.27. The molecule has 0 fully saturated rings. The van der Waals surface area contributed by atoms with E-state index in [0.29, 0.717) is 0 Å². The summed E-state index contributed by atoms with van der Waals surface area (Å²) in [6, 6.07) is 0.903. The number of benzene rings is 1. The van der Waals surface area contributed by atoms with Crippen LogP contribution in [0.1, 0.15) is 31.1 Å². The molecule has 0 aliphatic carbocycles. The van der Waals surface area contributed by atoms with Crippen molar-refractivity contribution in [2.24, 2.45) is 0 Å². The van der Waals surface area contributed by atoms with Gasteiger partial charge in [0.2, 0.25) is 0 Å². The predicted molar refractivity (Wildman–Crippen MR) is 60.9 cm³/mol. The van der Waals surface area contributed by atoms with E-state index in [1.807, 2.05) is 0 Å². The van der Waals surface area contributed by atoms with Crippen LogP contribution >= 0.6 is 11.6 Å². The Morgan fingerprint density at radius 3 is 2.35 bits per heavy atom. The molecule has 0 aliphatic heterocycles. The molecule has 0 bridgehead atoms. The Morgan fingerprint density at radius 1 is 1.35 bits per heavy atom. The van der Waals surface area contributed by atoms with Gasteiger partial charge in [-0.1, -0.05) is 11.6 Å². The average molecular weight is 264 g/mol. The number of halogens is 3. The lowest BCUT2D eigenvalue weighted by molar-refractivity contribution is 0.00597. The van der Waals surface area contributed by atoms with E-state index >= 15 is 0 Å². The molecule has 0 amide bonds. The fourth-order valence-electron chi connectivity index (χ4n) is 1.13. The SMILES string of the molecule is CC(C)(C)OC(=O)c1c(F)c(N)cc(Cl)c1F. The third-order valence-corrected chi connectivity index (χ3v) is 2.06. The molecule has 0 atom stereocenters. The number of esters is 1. The normalized spacial score (nSPS) is 11.4. The van der Waals surface area contributed by atoms with Crippen LogP contribution in [0.25, 0.3) is 0 Å². The van der Waals surface area contributed by atoms with Crippen molar-refractivity contribution in [3.63, 3.8) is 0 Å². The summed E-state index contributed by atoms with van der Waals surface area (Å²) in [5, 5.41) is -0.426. The minimum Gasteiger partial charge on any atom is -0.456 e. The minimum atomic E-state index is -1.17. The zero-order chi connectivity index (χ0) is 13.4. The molecule has 0 saturated carbocycles. The summed E-state index contributed by atoms with van der Waals surface area (Å²) in [5.74, 6) is -3.48. The van der Waals surface area contributed by atoms with Gasteiger partial charge in [-0.15, -0.1) is 0 Å². The largest absolute Gasteiger partial charge is 0.456 e. The second kappa shape index (κ2) is 4.49. The molecule has 1 aromatic rings. The van der Waals surface area contributed by atoms with Crippen LogP contribution in [-0.2, 0) is 4.74 Å². The van der Waals surface area contributed by atoms with E-state index in [4.69, 9.17) is 22.1 Å². The van der Waals surface area contributed by atoms with Gasteiger partial charge in [0.25, 0.3) is 0 Å². The number of hydrogen-bond donors (Lipinski definition) is 1. The predicted octanol–water partition coefficient (Wildman–Crippen LogP) is 3.16. The maximum atomic E-state index is 13.5. The highest BCUT2D eigenvalue weighted by molar-refractivity contribution is 6.31. The van der Waals surface area contributed by atoms with Gasteiger partial charge in [-0.25, -0.2) is 13.6 Å². The lowest BCUT2D eigenvalue weighted by Crippen LogP contribution is -2.25. The van der Waals surface area contributed by atoms with Gasteiger partial charge < -0.3 is 10.5 Å². The summed E-state index contributed by atoms with van der Waals surface area (Å²) in [6.45, 7) is 4.73. The molecule has 94 valence electrons. The molecule has 0 radical (unpaired) electrons. The second-order valence-electron chi connectivity index (χ2n) is 4.45. The fraction of sp³-hybridized carbons (Fsp3) is 0.364. The Kier molecular flexibility index (Phi) is 3.62. The second-order valence-corrected chi connectivity index (χ2v) is 4.86. The number of anilines is 1. The lowest BCUT2D eigenvalue weighted by Gasteiger charge is -2.20. The Morgan fingerprint density at radius 2 is 1.88 bits per heavy atom. The highest BCUT2D eigenvalue weighted by Gasteiger charge is 2.27. The summed E-state index contributed by atoms with van der Waals surface area (Å²) >= 11 is 5.48. The van der Waals surface area contributed by atoms with Crippen molar-refractivity contribution in [2.75, 3.05) is 5.73 Å². The van der Waals surface area contributed by atoms with Gasteiger partial charge in [0.15, 0.2) is 11.6 Å². The Hall–Kier alpha value is -1.36.